The van der Waals surface area contributed by atoms with Crippen molar-refractivity contribution >= 4 is 35.1 Å². The van der Waals surface area contributed by atoms with Crippen molar-refractivity contribution in [3.05, 3.63) is 93.5 Å². The van der Waals surface area contributed by atoms with Crippen molar-refractivity contribution in [3.63, 3.8) is 0 Å². The molecular formula is C24H18N2O3S2. The van der Waals surface area contributed by atoms with Crippen molar-refractivity contribution in [1.82, 2.24) is 0 Å². The van der Waals surface area contributed by atoms with Gasteiger partial charge in [-0.3, -0.25) is 0 Å². The van der Waals surface area contributed by atoms with E-state index in [-0.39, 0.29) is 11.8 Å². The van der Waals surface area contributed by atoms with Crippen molar-refractivity contribution in [2.45, 2.75) is 10.8 Å². The third-order valence-electron chi connectivity index (χ3n) is 4.78. The van der Waals surface area contributed by atoms with Crippen LogP contribution < -0.4 is 15.2 Å². The van der Waals surface area contributed by atoms with E-state index < -0.39 is 5.97 Å². The van der Waals surface area contributed by atoms with Crippen LogP contribution in [-0.2, 0) is 4.79 Å². The molecular weight excluding hydrogens is 428 g/mol. The number of fused-ring (bicyclic) bond motifs is 1. The molecule has 154 valence electrons. The minimum atomic E-state index is -0.491. The van der Waals surface area contributed by atoms with Gasteiger partial charge in [-0.15, -0.1) is 23.1 Å². The molecule has 31 heavy (non-hydrogen) atoms. The molecule has 0 bridgehead atoms. The smallest absolute Gasteiger partial charge is 0.336 e. The van der Waals surface area contributed by atoms with Crippen molar-refractivity contribution in [2.75, 3.05) is 6.26 Å². The molecule has 2 heterocycles. The van der Waals surface area contributed by atoms with Gasteiger partial charge in [0, 0.05) is 27.5 Å². The van der Waals surface area contributed by atoms with Crippen LogP contribution in [0.3, 0.4) is 0 Å². The zero-order chi connectivity index (χ0) is 21.8. The molecule has 1 unspecified atom stereocenters. The number of hydrogen-bond donors (Lipinski definition) is 1. The topological polar surface area (TPSA) is 85.3 Å². The van der Waals surface area contributed by atoms with Crippen LogP contribution in [0.2, 0.25) is 0 Å². The molecule has 2 aromatic carbocycles. The second-order valence-electron chi connectivity index (χ2n) is 6.67. The molecule has 5 nitrogen and oxygen atoms in total. The summed E-state index contributed by atoms with van der Waals surface area (Å²) in [6.07, 6.45) is 5.09. The monoisotopic (exact) mass is 446 g/mol. The van der Waals surface area contributed by atoms with Gasteiger partial charge in [0.05, 0.1) is 5.92 Å². The van der Waals surface area contributed by atoms with Crippen LogP contribution in [0.5, 0.6) is 11.5 Å². The van der Waals surface area contributed by atoms with E-state index in [1.807, 2.05) is 48.0 Å². The second-order valence-corrected chi connectivity index (χ2v) is 8.53. The zero-order valence-corrected chi connectivity index (χ0v) is 18.2. The van der Waals surface area contributed by atoms with E-state index in [1.54, 1.807) is 36.0 Å². The molecule has 3 aromatic rings. The van der Waals surface area contributed by atoms with Gasteiger partial charge in [0.2, 0.25) is 5.88 Å². The van der Waals surface area contributed by atoms with Crippen molar-refractivity contribution < 1.29 is 14.3 Å². The summed E-state index contributed by atoms with van der Waals surface area (Å²) in [5, 5.41) is 11.6. The van der Waals surface area contributed by atoms with Crippen LogP contribution in [0.15, 0.2) is 82.4 Å². The summed E-state index contributed by atoms with van der Waals surface area (Å²) < 4.78 is 11.1. The molecule has 1 aromatic heterocycles. The van der Waals surface area contributed by atoms with Gasteiger partial charge in [-0.1, -0.05) is 24.3 Å². The number of thioether (sulfide) groups is 1. The Morgan fingerprint density at radius 3 is 2.74 bits per heavy atom. The van der Waals surface area contributed by atoms with Crippen LogP contribution >= 0.6 is 23.1 Å². The molecule has 4 rings (SSSR count). The molecule has 0 spiro atoms. The number of rotatable bonds is 5. The maximum atomic E-state index is 12.2. The maximum absolute atomic E-state index is 12.2. The predicted molar refractivity (Wildman–Crippen MR) is 123 cm³/mol. The van der Waals surface area contributed by atoms with Gasteiger partial charge >= 0.3 is 5.97 Å². The molecule has 0 amide bonds. The van der Waals surface area contributed by atoms with E-state index in [4.69, 9.17) is 15.2 Å². The van der Waals surface area contributed by atoms with Gasteiger partial charge in [-0.2, -0.15) is 5.26 Å². The molecule has 0 fully saturated rings. The van der Waals surface area contributed by atoms with Crippen molar-refractivity contribution in [2.24, 2.45) is 5.73 Å². The average Bonchev–Trinajstić information content (AvgIpc) is 3.30. The number of hydrogen-bond acceptors (Lipinski definition) is 7. The standard InChI is InChI=1S/C24H18N2O3S2/c1-30-17-7-4-15(5-8-17)23-19-10-6-16(13-21(19)29-24(26)20(23)14-25)28-22(27)11-9-18-3-2-12-31-18/h2-13,23H,26H2,1H3. The molecule has 0 aliphatic carbocycles. The summed E-state index contributed by atoms with van der Waals surface area (Å²) in [5.74, 6) is 0.00461. The van der Waals surface area contributed by atoms with E-state index in [9.17, 15) is 10.1 Å². The van der Waals surface area contributed by atoms with Crippen LogP contribution in [-0.4, -0.2) is 12.2 Å². The van der Waals surface area contributed by atoms with Gasteiger partial charge in [0.25, 0.3) is 0 Å². The van der Waals surface area contributed by atoms with Crippen LogP contribution in [0.25, 0.3) is 6.08 Å². The molecule has 1 aliphatic heterocycles. The minimum absolute atomic E-state index is 0.0509. The summed E-state index contributed by atoms with van der Waals surface area (Å²) in [7, 11) is 0. The molecule has 0 radical (unpaired) electrons. The predicted octanol–water partition coefficient (Wildman–Crippen LogP) is 5.31. The van der Waals surface area contributed by atoms with E-state index in [2.05, 4.69) is 6.07 Å². The normalized spacial score (nSPS) is 15.3. The molecule has 0 saturated carbocycles. The number of benzene rings is 2. The fraction of sp³-hybridized carbons (Fsp3) is 0.0833. The summed E-state index contributed by atoms with van der Waals surface area (Å²) >= 11 is 3.18. The molecule has 7 heteroatoms. The Labute approximate surface area is 188 Å². The molecule has 2 N–H and O–H groups in total. The number of nitrogens with zero attached hydrogens (tertiary/aromatic N) is 1. The van der Waals surface area contributed by atoms with E-state index in [0.29, 0.717) is 17.1 Å². The van der Waals surface area contributed by atoms with Gasteiger partial charge in [-0.05, 0) is 47.5 Å². The number of carbonyl (C=O) groups is 1. The first kappa shape index (κ1) is 20.8. The highest BCUT2D eigenvalue weighted by atomic mass is 32.2. The van der Waals surface area contributed by atoms with Gasteiger partial charge in [0.15, 0.2) is 0 Å². The SMILES string of the molecule is CSc1ccc(C2C(C#N)=C(N)Oc3cc(OC(=O)C=Cc4cccs4)ccc32)cc1. The highest BCUT2D eigenvalue weighted by Gasteiger charge is 2.31. The summed E-state index contributed by atoms with van der Waals surface area (Å²) in [6, 6.07) is 19.1. The van der Waals surface area contributed by atoms with Crippen molar-refractivity contribution in [3.8, 4) is 17.6 Å². The Bertz CT molecular complexity index is 1210. The lowest BCUT2D eigenvalue weighted by molar-refractivity contribution is -0.128. The lowest BCUT2D eigenvalue weighted by Crippen LogP contribution is -2.21. The Hall–Kier alpha value is -3.47. The van der Waals surface area contributed by atoms with Crippen molar-refractivity contribution in [1.29, 1.82) is 5.26 Å². The lowest BCUT2D eigenvalue weighted by Gasteiger charge is -2.26. The molecule has 1 aliphatic rings. The zero-order valence-electron chi connectivity index (χ0n) is 16.6. The quantitative estimate of drug-likeness (QED) is 0.248. The van der Waals surface area contributed by atoms with Crippen LogP contribution in [0.1, 0.15) is 21.9 Å². The number of nitriles is 1. The van der Waals surface area contributed by atoms with Gasteiger partial charge in [0.1, 0.15) is 23.1 Å². The average molecular weight is 447 g/mol. The second kappa shape index (κ2) is 9.13. The maximum Gasteiger partial charge on any atom is 0.336 e. The highest BCUT2D eigenvalue weighted by Crippen LogP contribution is 2.43. The largest absolute Gasteiger partial charge is 0.440 e. The van der Waals surface area contributed by atoms with Crippen LogP contribution in [0.4, 0.5) is 0 Å². The van der Waals surface area contributed by atoms with E-state index >= 15 is 0 Å². The minimum Gasteiger partial charge on any atom is -0.440 e. The van der Waals surface area contributed by atoms with Crippen LogP contribution in [0, 0.1) is 11.3 Å². The molecule has 0 saturated heterocycles. The lowest BCUT2D eigenvalue weighted by atomic mass is 9.83. The number of thiophene rings is 1. The fourth-order valence-corrected chi connectivity index (χ4v) is 4.35. The third kappa shape index (κ3) is 4.50. The summed E-state index contributed by atoms with van der Waals surface area (Å²) in [4.78, 5) is 14.3. The Morgan fingerprint density at radius 1 is 1.26 bits per heavy atom. The Morgan fingerprint density at radius 2 is 2.06 bits per heavy atom. The fourth-order valence-electron chi connectivity index (χ4n) is 3.32. The number of allylic oxidation sites excluding steroid dienone is 1. The number of ether oxygens (including phenoxy) is 2. The highest BCUT2D eigenvalue weighted by molar-refractivity contribution is 7.98. The number of nitrogens with two attached hydrogens (primary N) is 1. The van der Waals surface area contributed by atoms with Gasteiger partial charge < -0.3 is 15.2 Å². The van der Waals surface area contributed by atoms with E-state index in [1.165, 1.54) is 17.4 Å². The summed E-state index contributed by atoms with van der Waals surface area (Å²) in [6.45, 7) is 0. The Balaban J connectivity index is 1.62. The van der Waals surface area contributed by atoms with E-state index in [0.717, 1.165) is 20.9 Å². The first-order chi connectivity index (χ1) is 15.1. The third-order valence-corrected chi connectivity index (χ3v) is 6.37. The number of carbonyl (C=O) groups excluding carboxylic acids is 1. The first-order valence-corrected chi connectivity index (χ1v) is 11.5. The summed E-state index contributed by atoms with van der Waals surface area (Å²) in [5.41, 5.74) is 8.13. The first-order valence-electron chi connectivity index (χ1n) is 9.38. The number of esters is 1. The molecule has 1 atom stereocenters. The van der Waals surface area contributed by atoms with Gasteiger partial charge in [-0.25, -0.2) is 4.79 Å². The Kier molecular flexibility index (Phi) is 6.12.